The largest absolute Gasteiger partial charge is 0.481 e. The summed E-state index contributed by atoms with van der Waals surface area (Å²) in [6, 6.07) is 8.17. The van der Waals surface area contributed by atoms with Gasteiger partial charge in [-0.25, -0.2) is 0 Å². The van der Waals surface area contributed by atoms with E-state index < -0.39 is 4.92 Å². The molecule has 0 aromatic heterocycles. The second-order valence-corrected chi connectivity index (χ2v) is 9.67. The summed E-state index contributed by atoms with van der Waals surface area (Å²) in [5, 5.41) is 16.8. The van der Waals surface area contributed by atoms with E-state index in [1.165, 1.54) is 12.3 Å². The van der Waals surface area contributed by atoms with Crippen molar-refractivity contribution in [3.8, 4) is 17.2 Å². The Hall–Kier alpha value is -3.73. The van der Waals surface area contributed by atoms with Gasteiger partial charge >= 0.3 is 5.69 Å². The van der Waals surface area contributed by atoms with Crippen LogP contribution in [0.1, 0.15) is 17.5 Å². The summed E-state index contributed by atoms with van der Waals surface area (Å²) in [5.41, 5.74) is 0.818. The van der Waals surface area contributed by atoms with Crippen molar-refractivity contribution >= 4 is 39.6 Å². The van der Waals surface area contributed by atoms with Gasteiger partial charge in [0.1, 0.15) is 6.61 Å². The van der Waals surface area contributed by atoms with E-state index in [4.69, 9.17) is 14.2 Å². The van der Waals surface area contributed by atoms with Gasteiger partial charge in [-0.2, -0.15) is 10.1 Å². The molecule has 2 aromatic carbocycles. The van der Waals surface area contributed by atoms with Gasteiger partial charge in [0.25, 0.3) is 11.8 Å². The number of imide groups is 1. The SMILES string of the molecule is O=C1[C@@H]2[C@H](C(=O)N1N=Cc1cc(Br)c(OCc3ccc4c(c3)OCO4)c([N+](=O)[O-])c1)[C@H]1C=C[C@H]2C1. The molecule has 4 atom stereocenters. The van der Waals surface area contributed by atoms with Crippen LogP contribution >= 0.6 is 15.9 Å². The molecule has 10 nitrogen and oxygen atoms in total. The molecule has 0 N–H and O–H groups in total. The number of rotatable bonds is 6. The summed E-state index contributed by atoms with van der Waals surface area (Å²) in [6.07, 6.45) is 6.13. The van der Waals surface area contributed by atoms with E-state index in [1.807, 2.05) is 12.2 Å². The molecule has 2 fully saturated rings. The van der Waals surface area contributed by atoms with Crippen molar-refractivity contribution in [3.05, 3.63) is 68.2 Å². The van der Waals surface area contributed by atoms with E-state index in [0.717, 1.165) is 17.0 Å². The number of nitrogens with zero attached hydrogens (tertiary/aromatic N) is 3. The number of hydrogen-bond acceptors (Lipinski definition) is 8. The van der Waals surface area contributed by atoms with Crippen LogP contribution in [0.5, 0.6) is 17.2 Å². The topological polar surface area (TPSA) is 121 Å². The Morgan fingerprint density at radius 1 is 1.11 bits per heavy atom. The summed E-state index contributed by atoms with van der Waals surface area (Å²) in [7, 11) is 0. The smallest absolute Gasteiger partial charge is 0.312 e. The van der Waals surface area contributed by atoms with Gasteiger partial charge in [-0.15, -0.1) is 0 Å². The first-order chi connectivity index (χ1) is 16.9. The molecule has 1 saturated heterocycles. The van der Waals surface area contributed by atoms with Gasteiger partial charge in [0, 0.05) is 11.6 Å². The number of hydrazone groups is 1. The first-order valence-electron chi connectivity index (χ1n) is 11.0. The van der Waals surface area contributed by atoms with Crippen molar-refractivity contribution < 1.29 is 28.7 Å². The van der Waals surface area contributed by atoms with Crippen LogP contribution in [0.3, 0.4) is 0 Å². The zero-order chi connectivity index (χ0) is 24.3. The predicted molar refractivity (Wildman–Crippen MR) is 125 cm³/mol. The molecular weight excluding hydrogens is 522 g/mol. The molecule has 4 aliphatic rings. The third-order valence-corrected chi connectivity index (χ3v) is 7.42. The van der Waals surface area contributed by atoms with E-state index in [-0.39, 0.29) is 60.3 Å². The molecule has 2 aliphatic carbocycles. The molecular formula is C24H18BrN3O7. The number of nitro groups is 1. The van der Waals surface area contributed by atoms with Crippen LogP contribution in [0.25, 0.3) is 0 Å². The summed E-state index contributed by atoms with van der Waals surface area (Å²) in [4.78, 5) is 36.8. The molecule has 0 unspecified atom stereocenters. The molecule has 2 aliphatic heterocycles. The van der Waals surface area contributed by atoms with Gasteiger partial charge in [0.05, 0.1) is 27.4 Å². The molecule has 1 saturated carbocycles. The van der Waals surface area contributed by atoms with Crippen molar-refractivity contribution in [2.24, 2.45) is 28.8 Å². The molecule has 178 valence electrons. The maximum atomic E-state index is 12.8. The van der Waals surface area contributed by atoms with Gasteiger partial charge < -0.3 is 14.2 Å². The number of amides is 2. The number of halogens is 1. The Labute approximate surface area is 207 Å². The number of carbonyl (C=O) groups excluding carboxylic acids is 2. The fraction of sp³-hybridized carbons (Fsp3) is 0.292. The summed E-state index contributed by atoms with van der Waals surface area (Å²) in [6.45, 7) is 0.215. The lowest BCUT2D eigenvalue weighted by Crippen LogP contribution is -2.28. The van der Waals surface area contributed by atoms with Crippen LogP contribution in [0.2, 0.25) is 0 Å². The van der Waals surface area contributed by atoms with Crippen molar-refractivity contribution in [3.63, 3.8) is 0 Å². The highest BCUT2D eigenvalue weighted by Gasteiger charge is 2.59. The van der Waals surface area contributed by atoms with Crippen molar-refractivity contribution in [2.45, 2.75) is 13.0 Å². The van der Waals surface area contributed by atoms with Crippen LogP contribution in [-0.2, 0) is 16.2 Å². The van der Waals surface area contributed by atoms with Gasteiger partial charge in [-0.05, 0) is 57.9 Å². The molecule has 2 amide bonds. The van der Waals surface area contributed by atoms with Gasteiger partial charge in [-0.1, -0.05) is 18.2 Å². The minimum absolute atomic E-state index is 0.0512. The van der Waals surface area contributed by atoms with Gasteiger partial charge in [0.15, 0.2) is 11.5 Å². The lowest BCUT2D eigenvalue weighted by Gasteiger charge is -2.13. The quantitative estimate of drug-likeness (QED) is 0.180. The van der Waals surface area contributed by atoms with E-state index >= 15 is 0 Å². The fourth-order valence-corrected chi connectivity index (χ4v) is 5.85. The van der Waals surface area contributed by atoms with E-state index in [9.17, 15) is 19.7 Å². The van der Waals surface area contributed by atoms with Crippen molar-refractivity contribution in [1.29, 1.82) is 0 Å². The number of allylic oxidation sites excluding steroid dienone is 2. The zero-order valence-corrected chi connectivity index (χ0v) is 19.7. The minimum atomic E-state index is -0.559. The summed E-state index contributed by atoms with van der Waals surface area (Å²) in [5.74, 6) is 0.0877. The number of nitro benzene ring substituents is 1. The van der Waals surface area contributed by atoms with Gasteiger partial charge in [-0.3, -0.25) is 19.7 Å². The van der Waals surface area contributed by atoms with E-state index in [1.54, 1.807) is 24.3 Å². The highest BCUT2D eigenvalue weighted by Crippen LogP contribution is 2.52. The molecule has 35 heavy (non-hydrogen) atoms. The van der Waals surface area contributed by atoms with Crippen LogP contribution < -0.4 is 14.2 Å². The zero-order valence-electron chi connectivity index (χ0n) is 18.1. The standard InChI is InChI=1S/C24H18BrN3O7/c25-16-5-13(9-26-27-23(29)20-14-2-3-15(8-14)21(20)24(27)30)6-17(28(31)32)22(16)33-10-12-1-4-18-19(7-12)35-11-34-18/h1-7,9,14-15,20-21H,8,10-11H2/t14-,15-,20-,21+/m0/s1. The van der Waals surface area contributed by atoms with Crippen LogP contribution in [0.4, 0.5) is 5.69 Å². The van der Waals surface area contributed by atoms with Crippen LogP contribution in [0, 0.1) is 33.8 Å². The van der Waals surface area contributed by atoms with E-state index in [2.05, 4.69) is 21.0 Å². The molecule has 2 heterocycles. The predicted octanol–water partition coefficient (Wildman–Crippen LogP) is 3.81. The highest BCUT2D eigenvalue weighted by atomic mass is 79.9. The molecule has 11 heteroatoms. The highest BCUT2D eigenvalue weighted by molar-refractivity contribution is 9.10. The van der Waals surface area contributed by atoms with E-state index in [0.29, 0.717) is 21.5 Å². The first kappa shape index (κ1) is 21.8. The number of ether oxygens (including phenoxy) is 3. The molecule has 2 bridgehead atoms. The lowest BCUT2D eigenvalue weighted by atomic mass is 9.85. The summed E-state index contributed by atoms with van der Waals surface area (Å²) >= 11 is 3.34. The van der Waals surface area contributed by atoms with Crippen LogP contribution in [-0.4, -0.2) is 34.8 Å². The van der Waals surface area contributed by atoms with Crippen molar-refractivity contribution in [1.82, 2.24) is 5.01 Å². The monoisotopic (exact) mass is 539 g/mol. The second kappa shape index (κ2) is 8.19. The second-order valence-electron chi connectivity index (χ2n) is 8.82. The average Bonchev–Trinajstić information content (AvgIpc) is 3.61. The minimum Gasteiger partial charge on any atom is -0.481 e. The Bertz CT molecular complexity index is 1310. The Kier molecular flexibility index (Phi) is 5.10. The Morgan fingerprint density at radius 3 is 2.54 bits per heavy atom. The first-order valence-corrected chi connectivity index (χ1v) is 11.8. The number of benzene rings is 2. The molecule has 0 spiro atoms. The number of carbonyl (C=O) groups is 2. The lowest BCUT2D eigenvalue weighted by molar-refractivity contribution is -0.386. The summed E-state index contributed by atoms with van der Waals surface area (Å²) < 4.78 is 16.7. The normalized spacial score (nSPS) is 25.7. The maximum Gasteiger partial charge on any atom is 0.312 e. The molecule has 2 aromatic rings. The Balaban J connectivity index is 1.22. The third-order valence-electron chi connectivity index (χ3n) is 6.83. The molecule has 0 radical (unpaired) electrons. The van der Waals surface area contributed by atoms with Gasteiger partial charge in [0.2, 0.25) is 12.5 Å². The Morgan fingerprint density at radius 2 is 1.83 bits per heavy atom. The fourth-order valence-electron chi connectivity index (χ4n) is 5.26. The molecule has 6 rings (SSSR count). The van der Waals surface area contributed by atoms with Crippen molar-refractivity contribution in [2.75, 3.05) is 6.79 Å². The maximum absolute atomic E-state index is 12.8. The third kappa shape index (κ3) is 3.57. The average molecular weight is 540 g/mol. The van der Waals surface area contributed by atoms with Crippen LogP contribution in [0.15, 0.2) is 52.1 Å². The number of hydrogen-bond donors (Lipinski definition) is 0. The number of fused-ring (bicyclic) bond motifs is 6.